The van der Waals surface area contributed by atoms with Gasteiger partial charge >= 0.3 is 0 Å². The highest BCUT2D eigenvalue weighted by Crippen LogP contribution is 2.34. The molecule has 1 amide bonds. The third kappa shape index (κ3) is 5.85. The van der Waals surface area contributed by atoms with Crippen molar-refractivity contribution < 1.29 is 14.3 Å². The summed E-state index contributed by atoms with van der Waals surface area (Å²) in [6, 6.07) is 4.35. The van der Waals surface area contributed by atoms with E-state index < -0.39 is 0 Å². The van der Waals surface area contributed by atoms with E-state index in [4.69, 9.17) is 13.8 Å². The minimum atomic E-state index is 0.0541. The zero-order chi connectivity index (χ0) is 25.9. The van der Waals surface area contributed by atoms with Gasteiger partial charge in [-0.15, -0.1) is 0 Å². The summed E-state index contributed by atoms with van der Waals surface area (Å²) < 4.78 is 15.9. The molecule has 3 aliphatic rings. The summed E-state index contributed by atoms with van der Waals surface area (Å²) in [5.41, 5.74) is 5.90. The molecule has 7 nitrogen and oxygen atoms in total. The Morgan fingerprint density at radius 1 is 1.19 bits per heavy atom. The third-order valence-corrected chi connectivity index (χ3v) is 8.29. The number of piperazine rings is 1. The minimum absolute atomic E-state index is 0.0541. The minimum Gasteiger partial charge on any atom is -0.466 e. The molecule has 1 aromatic carbocycles. The molecular formula is C29H38N4O3S. The smallest absolute Gasteiger partial charge is 0.273 e. The van der Waals surface area contributed by atoms with E-state index in [0.717, 1.165) is 63.2 Å². The maximum absolute atomic E-state index is 12.7. The predicted octanol–water partition coefficient (Wildman–Crippen LogP) is 4.78. The molecule has 2 aliphatic heterocycles. The van der Waals surface area contributed by atoms with Crippen molar-refractivity contribution in [2.24, 2.45) is 5.92 Å². The molecule has 5 rings (SSSR count). The maximum atomic E-state index is 12.7. The molecule has 1 aliphatic carbocycles. The summed E-state index contributed by atoms with van der Waals surface area (Å²) in [5.74, 6) is 1.88. The lowest BCUT2D eigenvalue weighted by Gasteiger charge is -2.35. The molecule has 1 fully saturated rings. The Morgan fingerprint density at radius 2 is 2.00 bits per heavy atom. The summed E-state index contributed by atoms with van der Waals surface area (Å²) in [6.45, 7) is 15.9. The average molecular weight is 523 g/mol. The lowest BCUT2D eigenvalue weighted by atomic mass is 10.00. The van der Waals surface area contributed by atoms with Crippen LogP contribution < -0.4 is 9.80 Å². The molecule has 0 radical (unpaired) electrons. The van der Waals surface area contributed by atoms with Crippen molar-refractivity contribution >= 4 is 35.0 Å². The van der Waals surface area contributed by atoms with E-state index in [2.05, 4.69) is 61.4 Å². The molecule has 0 atom stereocenters. The first-order valence-electron chi connectivity index (χ1n) is 13.4. The van der Waals surface area contributed by atoms with Gasteiger partial charge in [-0.1, -0.05) is 32.1 Å². The largest absolute Gasteiger partial charge is 0.466 e. The summed E-state index contributed by atoms with van der Waals surface area (Å²) in [7, 11) is 0. The standard InChI is InChI=1S/C29H38N4O3S/c1-20(2)18-35-22(4)36-19-33-26-15-21(3)23(16-24(26)17-28(33)34)9-10-31-11-13-32(14-12-31)29-25-7-5-6-8-27(25)37-30-29/h5,7,15-16,20H,4,6,8-14,17-19H2,1-3H3. The quantitative estimate of drug-likeness (QED) is 0.419. The van der Waals surface area contributed by atoms with Crippen molar-refractivity contribution in [2.45, 2.75) is 46.5 Å². The van der Waals surface area contributed by atoms with Gasteiger partial charge in [-0.05, 0) is 73.0 Å². The Labute approximate surface area is 224 Å². The van der Waals surface area contributed by atoms with E-state index in [9.17, 15) is 4.79 Å². The lowest BCUT2D eigenvalue weighted by molar-refractivity contribution is -0.118. The fraction of sp³-hybridized carbons (Fsp3) is 0.517. The second-order valence-electron chi connectivity index (χ2n) is 10.6. The second-order valence-corrected chi connectivity index (χ2v) is 11.5. The van der Waals surface area contributed by atoms with Gasteiger partial charge in [0.05, 0.1) is 18.7 Å². The number of fused-ring (bicyclic) bond motifs is 2. The van der Waals surface area contributed by atoms with Crippen molar-refractivity contribution in [3.05, 3.63) is 57.9 Å². The fourth-order valence-corrected chi connectivity index (χ4v) is 6.07. The number of aromatic nitrogens is 1. The van der Waals surface area contributed by atoms with Crippen LogP contribution in [0.5, 0.6) is 0 Å². The molecule has 0 N–H and O–H groups in total. The SMILES string of the molecule is C=C(OCC(C)C)OCN1C(=O)Cc2cc(CCN3CCN(c4nsc5c4C=CCC5)CC3)c(C)cc21. The Bertz CT molecular complexity index is 1180. The Morgan fingerprint density at radius 3 is 2.78 bits per heavy atom. The molecule has 3 heterocycles. The van der Waals surface area contributed by atoms with E-state index in [1.165, 1.54) is 27.4 Å². The van der Waals surface area contributed by atoms with Gasteiger partial charge < -0.3 is 14.4 Å². The van der Waals surface area contributed by atoms with Gasteiger partial charge in [0, 0.05) is 43.2 Å². The molecular weight excluding hydrogens is 484 g/mol. The van der Waals surface area contributed by atoms with Crippen LogP contribution in [0.15, 0.2) is 30.7 Å². The zero-order valence-electron chi connectivity index (χ0n) is 22.3. The number of carbonyl (C=O) groups is 1. The summed E-state index contributed by atoms with van der Waals surface area (Å²) in [4.78, 5) is 20.8. The van der Waals surface area contributed by atoms with Crippen molar-refractivity contribution in [1.82, 2.24) is 9.27 Å². The van der Waals surface area contributed by atoms with E-state index >= 15 is 0 Å². The topological polar surface area (TPSA) is 58.1 Å². The molecule has 0 saturated carbocycles. The van der Waals surface area contributed by atoms with Crippen LogP contribution >= 0.6 is 11.5 Å². The Hall–Kier alpha value is -2.84. The van der Waals surface area contributed by atoms with Gasteiger partial charge in [-0.3, -0.25) is 14.6 Å². The van der Waals surface area contributed by atoms with Gasteiger partial charge in [0.2, 0.25) is 5.91 Å². The normalized spacial score (nSPS) is 17.4. The number of anilines is 2. The number of allylic oxidation sites excluding steroid dienone is 1. The summed E-state index contributed by atoms with van der Waals surface area (Å²) >= 11 is 1.67. The number of hydrogen-bond acceptors (Lipinski definition) is 7. The van der Waals surface area contributed by atoms with Crippen molar-refractivity contribution in [3.8, 4) is 0 Å². The van der Waals surface area contributed by atoms with Gasteiger partial charge in [-0.25, -0.2) is 0 Å². The average Bonchev–Trinajstić information content (AvgIpc) is 3.45. The van der Waals surface area contributed by atoms with Crippen molar-refractivity contribution in [1.29, 1.82) is 0 Å². The first kappa shape index (κ1) is 25.8. The van der Waals surface area contributed by atoms with E-state index in [0.29, 0.717) is 18.9 Å². The lowest BCUT2D eigenvalue weighted by Crippen LogP contribution is -2.47. The second kappa shape index (κ2) is 11.3. The summed E-state index contributed by atoms with van der Waals surface area (Å²) in [6.07, 6.45) is 8.19. The number of ether oxygens (including phenoxy) is 2. The van der Waals surface area contributed by atoms with Crippen LogP contribution in [0.25, 0.3) is 6.08 Å². The van der Waals surface area contributed by atoms with E-state index in [1.807, 2.05) is 0 Å². The van der Waals surface area contributed by atoms with Crippen LogP contribution in [0.1, 0.15) is 47.4 Å². The first-order chi connectivity index (χ1) is 17.9. The number of amides is 1. The predicted molar refractivity (Wildman–Crippen MR) is 150 cm³/mol. The van der Waals surface area contributed by atoms with E-state index in [1.54, 1.807) is 16.4 Å². The molecule has 8 heteroatoms. The molecule has 0 bridgehead atoms. The molecule has 0 spiro atoms. The number of aryl methyl sites for hydroxylation is 2. The highest BCUT2D eigenvalue weighted by Gasteiger charge is 2.29. The molecule has 37 heavy (non-hydrogen) atoms. The number of nitrogens with zero attached hydrogens (tertiary/aromatic N) is 4. The van der Waals surface area contributed by atoms with Crippen molar-refractivity contribution in [2.75, 3.05) is 55.9 Å². The van der Waals surface area contributed by atoms with E-state index in [-0.39, 0.29) is 18.6 Å². The Kier molecular flexibility index (Phi) is 7.86. The fourth-order valence-electron chi connectivity index (χ4n) is 5.20. The van der Waals surface area contributed by atoms with Crippen LogP contribution in [0.2, 0.25) is 0 Å². The van der Waals surface area contributed by atoms with Gasteiger partial charge in [0.25, 0.3) is 5.95 Å². The van der Waals surface area contributed by atoms with Crippen LogP contribution in [0.4, 0.5) is 11.5 Å². The van der Waals surface area contributed by atoms with Crippen LogP contribution in [-0.2, 0) is 33.5 Å². The molecule has 2 aromatic rings. The molecule has 198 valence electrons. The first-order valence-corrected chi connectivity index (χ1v) is 14.2. The third-order valence-electron chi connectivity index (χ3n) is 7.38. The molecule has 0 unspecified atom stereocenters. The van der Waals surface area contributed by atoms with Crippen LogP contribution in [0, 0.1) is 12.8 Å². The zero-order valence-corrected chi connectivity index (χ0v) is 23.1. The summed E-state index contributed by atoms with van der Waals surface area (Å²) in [5, 5.41) is 0. The van der Waals surface area contributed by atoms with Crippen LogP contribution in [-0.4, -0.2) is 61.2 Å². The van der Waals surface area contributed by atoms with Crippen molar-refractivity contribution in [3.63, 3.8) is 0 Å². The molecule has 1 aromatic heterocycles. The molecule has 1 saturated heterocycles. The number of benzene rings is 1. The monoisotopic (exact) mass is 522 g/mol. The highest BCUT2D eigenvalue weighted by molar-refractivity contribution is 7.06. The van der Waals surface area contributed by atoms with Gasteiger partial charge in [0.1, 0.15) is 5.82 Å². The number of carbonyl (C=O) groups excluding carboxylic acids is 1. The van der Waals surface area contributed by atoms with Crippen LogP contribution in [0.3, 0.4) is 0 Å². The van der Waals surface area contributed by atoms with Gasteiger partial charge in [-0.2, -0.15) is 4.37 Å². The highest BCUT2D eigenvalue weighted by atomic mass is 32.1. The Balaban J connectivity index is 1.14. The number of hydrogen-bond donors (Lipinski definition) is 0. The number of rotatable bonds is 10. The van der Waals surface area contributed by atoms with Gasteiger partial charge in [0.15, 0.2) is 6.73 Å². The maximum Gasteiger partial charge on any atom is 0.273 e.